The molecule has 1 N–H and O–H groups in total. The van der Waals surface area contributed by atoms with Crippen molar-refractivity contribution >= 4 is 0 Å². The van der Waals surface area contributed by atoms with Gasteiger partial charge in [-0.15, -0.1) is 0 Å². The van der Waals surface area contributed by atoms with Gasteiger partial charge in [0, 0.05) is 13.0 Å². The van der Waals surface area contributed by atoms with Crippen LogP contribution < -0.4 is 5.32 Å². The minimum absolute atomic E-state index is 0.752. The highest BCUT2D eigenvalue weighted by Gasteiger charge is 2.21. The van der Waals surface area contributed by atoms with Crippen LogP contribution >= 0.6 is 0 Å². The van der Waals surface area contributed by atoms with Crippen LogP contribution in [0.2, 0.25) is 0 Å². The third-order valence-corrected chi connectivity index (χ3v) is 3.44. The molecule has 1 saturated heterocycles. The van der Waals surface area contributed by atoms with E-state index in [1.807, 2.05) is 7.05 Å². The molecule has 0 saturated carbocycles. The van der Waals surface area contributed by atoms with Crippen molar-refractivity contribution in [1.29, 1.82) is 0 Å². The number of hydrogen-bond acceptors (Lipinski definition) is 5. The summed E-state index contributed by atoms with van der Waals surface area (Å²) >= 11 is 0. The first-order valence-corrected chi connectivity index (χ1v) is 7.00. The Balaban J connectivity index is 1.84. The standard InChI is InChI=1S/C13H24N4O/c1-3-5-12-15-13(18-16-12)10-17-7-4-6-11(9-17)8-14-2/h11,14H,3-10H2,1-2H3. The molecule has 0 aliphatic carbocycles. The van der Waals surface area contributed by atoms with E-state index in [1.54, 1.807) is 0 Å². The zero-order valence-corrected chi connectivity index (χ0v) is 11.5. The second-order valence-corrected chi connectivity index (χ2v) is 5.16. The zero-order chi connectivity index (χ0) is 12.8. The molecule has 0 amide bonds. The Morgan fingerprint density at radius 3 is 3.17 bits per heavy atom. The number of rotatable bonds is 6. The van der Waals surface area contributed by atoms with Crippen molar-refractivity contribution < 1.29 is 4.52 Å². The third kappa shape index (κ3) is 3.78. The molecule has 0 spiro atoms. The Hall–Kier alpha value is -0.940. The predicted molar refractivity (Wildman–Crippen MR) is 70.2 cm³/mol. The van der Waals surface area contributed by atoms with Crippen LogP contribution in [-0.2, 0) is 13.0 Å². The quantitative estimate of drug-likeness (QED) is 0.830. The first kappa shape index (κ1) is 13.5. The molecule has 1 aromatic rings. The maximum atomic E-state index is 5.30. The van der Waals surface area contributed by atoms with Crippen LogP contribution in [0.15, 0.2) is 4.52 Å². The van der Waals surface area contributed by atoms with Crippen molar-refractivity contribution in [1.82, 2.24) is 20.4 Å². The predicted octanol–water partition coefficient (Wildman–Crippen LogP) is 1.45. The zero-order valence-electron chi connectivity index (χ0n) is 11.5. The topological polar surface area (TPSA) is 54.2 Å². The Morgan fingerprint density at radius 2 is 2.39 bits per heavy atom. The molecule has 1 aromatic heterocycles. The van der Waals surface area contributed by atoms with E-state index in [9.17, 15) is 0 Å². The molecule has 18 heavy (non-hydrogen) atoms. The number of piperidine rings is 1. The van der Waals surface area contributed by atoms with Crippen molar-refractivity contribution in [2.24, 2.45) is 5.92 Å². The van der Waals surface area contributed by atoms with Gasteiger partial charge in [0.1, 0.15) is 0 Å². The van der Waals surface area contributed by atoms with Crippen molar-refractivity contribution in [3.63, 3.8) is 0 Å². The fraction of sp³-hybridized carbons (Fsp3) is 0.846. The number of nitrogens with zero attached hydrogens (tertiary/aromatic N) is 3. The summed E-state index contributed by atoms with van der Waals surface area (Å²) in [4.78, 5) is 6.86. The molecular formula is C13H24N4O. The fourth-order valence-corrected chi connectivity index (χ4v) is 2.62. The van der Waals surface area contributed by atoms with Crippen LogP contribution in [0.5, 0.6) is 0 Å². The highest BCUT2D eigenvalue weighted by molar-refractivity contribution is 4.87. The van der Waals surface area contributed by atoms with Gasteiger partial charge < -0.3 is 9.84 Å². The van der Waals surface area contributed by atoms with E-state index in [0.29, 0.717) is 0 Å². The molecule has 0 radical (unpaired) electrons. The first-order chi connectivity index (χ1) is 8.81. The minimum atomic E-state index is 0.752. The number of hydrogen-bond donors (Lipinski definition) is 1. The summed E-state index contributed by atoms with van der Waals surface area (Å²) in [5.74, 6) is 2.36. The van der Waals surface area contributed by atoms with Gasteiger partial charge in [-0.25, -0.2) is 0 Å². The number of aromatic nitrogens is 2. The van der Waals surface area contributed by atoms with E-state index < -0.39 is 0 Å². The molecule has 0 bridgehead atoms. The highest BCUT2D eigenvalue weighted by atomic mass is 16.5. The highest BCUT2D eigenvalue weighted by Crippen LogP contribution is 2.17. The summed E-state index contributed by atoms with van der Waals surface area (Å²) in [6.45, 7) is 6.30. The van der Waals surface area contributed by atoms with E-state index in [1.165, 1.54) is 12.8 Å². The van der Waals surface area contributed by atoms with E-state index >= 15 is 0 Å². The Labute approximate surface area is 109 Å². The molecule has 2 heterocycles. The van der Waals surface area contributed by atoms with Gasteiger partial charge >= 0.3 is 0 Å². The summed E-state index contributed by atoms with van der Waals surface area (Å²) in [6.07, 6.45) is 4.56. The SMILES string of the molecule is CCCc1noc(CN2CCCC(CNC)C2)n1. The van der Waals surface area contributed by atoms with E-state index in [2.05, 4.69) is 27.3 Å². The van der Waals surface area contributed by atoms with Crippen molar-refractivity contribution in [2.45, 2.75) is 39.2 Å². The lowest BCUT2D eigenvalue weighted by atomic mass is 9.98. The summed E-state index contributed by atoms with van der Waals surface area (Å²) in [5, 5.41) is 7.27. The van der Waals surface area contributed by atoms with Crippen LogP contribution in [0.25, 0.3) is 0 Å². The van der Waals surface area contributed by atoms with Crippen LogP contribution in [0.4, 0.5) is 0 Å². The lowest BCUT2D eigenvalue weighted by Crippen LogP contribution is -2.38. The molecule has 1 unspecified atom stereocenters. The molecule has 1 fully saturated rings. The van der Waals surface area contributed by atoms with Gasteiger partial charge in [-0.1, -0.05) is 12.1 Å². The average molecular weight is 252 g/mol. The van der Waals surface area contributed by atoms with E-state index in [-0.39, 0.29) is 0 Å². The Morgan fingerprint density at radius 1 is 1.50 bits per heavy atom. The molecule has 1 atom stereocenters. The molecule has 2 rings (SSSR count). The lowest BCUT2D eigenvalue weighted by Gasteiger charge is -2.31. The van der Waals surface area contributed by atoms with E-state index in [0.717, 1.165) is 56.7 Å². The van der Waals surface area contributed by atoms with Gasteiger partial charge in [-0.3, -0.25) is 4.90 Å². The summed E-state index contributed by atoms with van der Waals surface area (Å²) < 4.78 is 5.30. The Bertz CT molecular complexity index is 351. The molecule has 0 aromatic carbocycles. The molecular weight excluding hydrogens is 228 g/mol. The number of nitrogens with one attached hydrogen (secondary N) is 1. The van der Waals surface area contributed by atoms with Crippen molar-refractivity contribution in [3.05, 3.63) is 11.7 Å². The summed E-state index contributed by atoms with van der Waals surface area (Å²) in [7, 11) is 2.02. The largest absolute Gasteiger partial charge is 0.338 e. The van der Waals surface area contributed by atoms with E-state index in [4.69, 9.17) is 4.52 Å². The van der Waals surface area contributed by atoms with Gasteiger partial charge in [0.15, 0.2) is 5.82 Å². The molecule has 102 valence electrons. The molecule has 5 heteroatoms. The van der Waals surface area contributed by atoms with Gasteiger partial charge in [0.05, 0.1) is 6.54 Å². The van der Waals surface area contributed by atoms with Crippen molar-refractivity contribution in [2.75, 3.05) is 26.7 Å². The maximum absolute atomic E-state index is 5.30. The average Bonchev–Trinajstić information content (AvgIpc) is 2.78. The number of likely N-dealkylation sites (tertiary alicyclic amines) is 1. The van der Waals surface area contributed by atoms with Crippen LogP contribution in [-0.4, -0.2) is 41.7 Å². The molecule has 1 aliphatic rings. The van der Waals surface area contributed by atoms with Gasteiger partial charge in [0.25, 0.3) is 0 Å². The normalized spacial score (nSPS) is 21.3. The van der Waals surface area contributed by atoms with Gasteiger partial charge in [-0.05, 0) is 45.3 Å². The van der Waals surface area contributed by atoms with Crippen LogP contribution in [0.3, 0.4) is 0 Å². The Kier molecular flexibility index (Phi) is 5.13. The second kappa shape index (κ2) is 6.85. The summed E-state index contributed by atoms with van der Waals surface area (Å²) in [6, 6.07) is 0. The van der Waals surface area contributed by atoms with Crippen LogP contribution in [0.1, 0.15) is 37.9 Å². The second-order valence-electron chi connectivity index (χ2n) is 5.16. The van der Waals surface area contributed by atoms with Crippen LogP contribution in [0, 0.1) is 5.92 Å². The maximum Gasteiger partial charge on any atom is 0.240 e. The molecule has 5 nitrogen and oxygen atoms in total. The van der Waals surface area contributed by atoms with Gasteiger partial charge in [0.2, 0.25) is 5.89 Å². The number of aryl methyl sites for hydroxylation is 1. The smallest absolute Gasteiger partial charge is 0.240 e. The summed E-state index contributed by atoms with van der Waals surface area (Å²) in [5.41, 5.74) is 0. The van der Waals surface area contributed by atoms with Crippen molar-refractivity contribution in [3.8, 4) is 0 Å². The molecule has 1 aliphatic heterocycles. The monoisotopic (exact) mass is 252 g/mol. The van der Waals surface area contributed by atoms with Gasteiger partial charge in [-0.2, -0.15) is 4.98 Å². The minimum Gasteiger partial charge on any atom is -0.338 e. The first-order valence-electron chi connectivity index (χ1n) is 7.00. The third-order valence-electron chi connectivity index (χ3n) is 3.44. The lowest BCUT2D eigenvalue weighted by molar-refractivity contribution is 0.149. The fourth-order valence-electron chi connectivity index (χ4n) is 2.62.